The first-order chi connectivity index (χ1) is 7.04. The van der Waals surface area contributed by atoms with Crippen molar-refractivity contribution in [3.63, 3.8) is 0 Å². The summed E-state index contributed by atoms with van der Waals surface area (Å²) < 4.78 is 12.8. The average Bonchev–Trinajstić information content (AvgIpc) is 2.16. The maximum atomic E-state index is 12.8. The lowest BCUT2D eigenvalue weighted by Crippen LogP contribution is -2.27. The fraction of sp³-hybridized carbons (Fsp3) is 0.364. The number of benzene rings is 1. The van der Waals surface area contributed by atoms with Gasteiger partial charge < -0.3 is 10.0 Å². The standard InChI is InChI=1S/C11H13FN2O/c1-8(15)7-14(2)11-4-3-10(12)5-9(11)6-13/h3-5,8,15H,7H2,1-2H3. The van der Waals surface area contributed by atoms with Gasteiger partial charge in [0.2, 0.25) is 0 Å². The van der Waals surface area contributed by atoms with Crippen LogP contribution in [0.4, 0.5) is 10.1 Å². The predicted molar refractivity (Wildman–Crippen MR) is 56.1 cm³/mol. The maximum Gasteiger partial charge on any atom is 0.124 e. The first kappa shape index (κ1) is 11.5. The number of anilines is 1. The SMILES string of the molecule is CC(O)CN(C)c1ccc(F)cc1C#N. The van der Waals surface area contributed by atoms with Crippen molar-refractivity contribution in [2.24, 2.45) is 0 Å². The molecule has 0 heterocycles. The van der Waals surface area contributed by atoms with Gasteiger partial charge in [0, 0.05) is 13.6 Å². The number of aliphatic hydroxyl groups is 1. The Bertz CT molecular complexity index is 385. The summed E-state index contributed by atoms with van der Waals surface area (Å²) >= 11 is 0. The Hall–Kier alpha value is -1.60. The molecular formula is C11H13FN2O. The second kappa shape index (κ2) is 4.76. The molecule has 0 radical (unpaired) electrons. The van der Waals surface area contributed by atoms with E-state index in [0.717, 1.165) is 0 Å². The minimum Gasteiger partial charge on any atom is -0.392 e. The van der Waals surface area contributed by atoms with Crippen LogP contribution in [-0.2, 0) is 0 Å². The van der Waals surface area contributed by atoms with E-state index in [1.54, 1.807) is 18.9 Å². The molecule has 1 rings (SSSR count). The van der Waals surface area contributed by atoms with E-state index in [0.29, 0.717) is 12.2 Å². The van der Waals surface area contributed by atoms with Gasteiger partial charge in [-0.05, 0) is 25.1 Å². The highest BCUT2D eigenvalue weighted by Crippen LogP contribution is 2.19. The van der Waals surface area contributed by atoms with Gasteiger partial charge in [0.15, 0.2) is 0 Å². The third-order valence-electron chi connectivity index (χ3n) is 2.03. The summed E-state index contributed by atoms with van der Waals surface area (Å²) in [5.41, 5.74) is 0.901. The monoisotopic (exact) mass is 208 g/mol. The molecule has 1 N–H and O–H groups in total. The second-order valence-electron chi connectivity index (χ2n) is 3.50. The summed E-state index contributed by atoms with van der Waals surface area (Å²) in [5.74, 6) is -0.430. The molecule has 0 spiro atoms. The van der Waals surface area contributed by atoms with E-state index in [-0.39, 0.29) is 5.56 Å². The van der Waals surface area contributed by atoms with Crippen molar-refractivity contribution < 1.29 is 9.50 Å². The molecule has 0 aliphatic carbocycles. The largest absolute Gasteiger partial charge is 0.392 e. The van der Waals surface area contributed by atoms with Crippen molar-refractivity contribution in [1.29, 1.82) is 5.26 Å². The summed E-state index contributed by atoms with van der Waals surface area (Å²) in [6.07, 6.45) is -0.494. The maximum absolute atomic E-state index is 12.8. The van der Waals surface area contributed by atoms with Crippen LogP contribution in [0.2, 0.25) is 0 Å². The molecule has 1 aromatic carbocycles. The topological polar surface area (TPSA) is 47.3 Å². The number of rotatable bonds is 3. The summed E-state index contributed by atoms with van der Waals surface area (Å²) in [4.78, 5) is 1.72. The number of nitriles is 1. The van der Waals surface area contributed by atoms with Gasteiger partial charge in [0.05, 0.1) is 17.4 Å². The van der Waals surface area contributed by atoms with Crippen LogP contribution in [0.25, 0.3) is 0 Å². The molecule has 0 aliphatic heterocycles. The molecule has 0 aliphatic rings. The highest BCUT2D eigenvalue weighted by atomic mass is 19.1. The number of hydrogen-bond acceptors (Lipinski definition) is 3. The molecule has 1 aromatic rings. The minimum atomic E-state index is -0.494. The van der Waals surface area contributed by atoms with Crippen molar-refractivity contribution in [1.82, 2.24) is 0 Å². The van der Waals surface area contributed by atoms with Crippen molar-refractivity contribution in [2.75, 3.05) is 18.5 Å². The molecule has 15 heavy (non-hydrogen) atoms. The van der Waals surface area contributed by atoms with E-state index in [1.165, 1.54) is 18.2 Å². The third kappa shape index (κ3) is 2.93. The highest BCUT2D eigenvalue weighted by molar-refractivity contribution is 5.58. The van der Waals surface area contributed by atoms with Crippen LogP contribution in [0, 0.1) is 17.1 Å². The van der Waals surface area contributed by atoms with Crippen LogP contribution in [0.3, 0.4) is 0 Å². The Labute approximate surface area is 88.4 Å². The number of aliphatic hydroxyl groups excluding tert-OH is 1. The predicted octanol–water partition coefficient (Wildman–Crippen LogP) is 1.51. The Morgan fingerprint density at radius 1 is 1.60 bits per heavy atom. The first-order valence-corrected chi connectivity index (χ1v) is 4.63. The van der Waals surface area contributed by atoms with Gasteiger partial charge in [0.25, 0.3) is 0 Å². The van der Waals surface area contributed by atoms with Gasteiger partial charge in [-0.2, -0.15) is 5.26 Å². The fourth-order valence-electron chi connectivity index (χ4n) is 1.43. The Balaban J connectivity index is 2.99. The molecule has 0 saturated carbocycles. The smallest absolute Gasteiger partial charge is 0.124 e. The van der Waals surface area contributed by atoms with Crippen LogP contribution in [0.5, 0.6) is 0 Å². The molecular weight excluding hydrogens is 195 g/mol. The summed E-state index contributed by atoms with van der Waals surface area (Å²) in [5, 5.41) is 18.0. The molecule has 4 heteroatoms. The lowest BCUT2D eigenvalue weighted by Gasteiger charge is -2.21. The summed E-state index contributed by atoms with van der Waals surface area (Å²) in [6, 6.07) is 5.95. The van der Waals surface area contributed by atoms with Crippen molar-refractivity contribution in [3.8, 4) is 6.07 Å². The van der Waals surface area contributed by atoms with Crippen LogP contribution in [-0.4, -0.2) is 24.8 Å². The molecule has 80 valence electrons. The van der Waals surface area contributed by atoms with Crippen molar-refractivity contribution in [2.45, 2.75) is 13.0 Å². The molecule has 0 bridgehead atoms. The van der Waals surface area contributed by atoms with Gasteiger partial charge >= 0.3 is 0 Å². The van der Waals surface area contributed by atoms with Crippen molar-refractivity contribution >= 4 is 5.69 Å². The van der Waals surface area contributed by atoms with Gasteiger partial charge in [-0.3, -0.25) is 0 Å². The fourth-order valence-corrected chi connectivity index (χ4v) is 1.43. The molecule has 0 fully saturated rings. The van der Waals surface area contributed by atoms with E-state index < -0.39 is 11.9 Å². The lowest BCUT2D eigenvalue weighted by atomic mass is 10.1. The van der Waals surface area contributed by atoms with E-state index in [4.69, 9.17) is 5.26 Å². The summed E-state index contributed by atoms with van der Waals surface area (Å²) in [7, 11) is 1.75. The van der Waals surface area contributed by atoms with Crippen LogP contribution < -0.4 is 4.90 Å². The van der Waals surface area contributed by atoms with Crippen LogP contribution >= 0.6 is 0 Å². The Morgan fingerprint density at radius 2 is 2.27 bits per heavy atom. The zero-order valence-electron chi connectivity index (χ0n) is 8.74. The number of nitrogens with zero attached hydrogens (tertiary/aromatic N) is 2. The van der Waals surface area contributed by atoms with Crippen LogP contribution in [0.15, 0.2) is 18.2 Å². The van der Waals surface area contributed by atoms with E-state index in [1.807, 2.05) is 6.07 Å². The normalized spacial score (nSPS) is 11.9. The average molecular weight is 208 g/mol. The minimum absolute atomic E-state index is 0.276. The van der Waals surface area contributed by atoms with E-state index in [2.05, 4.69) is 0 Å². The second-order valence-corrected chi connectivity index (χ2v) is 3.50. The molecule has 1 unspecified atom stereocenters. The van der Waals surface area contributed by atoms with Gasteiger partial charge in [-0.1, -0.05) is 0 Å². The Kier molecular flexibility index (Phi) is 3.64. The van der Waals surface area contributed by atoms with Crippen LogP contribution in [0.1, 0.15) is 12.5 Å². The molecule has 0 amide bonds. The number of halogens is 1. The quantitative estimate of drug-likeness (QED) is 0.819. The van der Waals surface area contributed by atoms with E-state index >= 15 is 0 Å². The highest BCUT2D eigenvalue weighted by Gasteiger charge is 2.09. The zero-order chi connectivity index (χ0) is 11.4. The number of hydrogen-bond donors (Lipinski definition) is 1. The lowest BCUT2D eigenvalue weighted by molar-refractivity contribution is 0.201. The molecule has 1 atom stereocenters. The first-order valence-electron chi connectivity index (χ1n) is 4.63. The number of likely N-dealkylation sites (N-methyl/N-ethyl adjacent to an activating group) is 1. The molecule has 0 aromatic heterocycles. The van der Waals surface area contributed by atoms with Crippen molar-refractivity contribution in [3.05, 3.63) is 29.6 Å². The third-order valence-corrected chi connectivity index (χ3v) is 2.03. The molecule has 3 nitrogen and oxygen atoms in total. The van der Waals surface area contributed by atoms with Gasteiger partial charge in [-0.15, -0.1) is 0 Å². The Morgan fingerprint density at radius 3 is 2.80 bits per heavy atom. The van der Waals surface area contributed by atoms with Gasteiger partial charge in [-0.25, -0.2) is 4.39 Å². The molecule has 0 saturated heterocycles. The zero-order valence-corrected chi connectivity index (χ0v) is 8.74. The summed E-state index contributed by atoms with van der Waals surface area (Å²) in [6.45, 7) is 2.06. The van der Waals surface area contributed by atoms with Gasteiger partial charge in [0.1, 0.15) is 11.9 Å². The van der Waals surface area contributed by atoms with E-state index in [9.17, 15) is 9.50 Å².